The molecule has 5 nitrogen and oxygen atoms in total. The van der Waals surface area contributed by atoms with Crippen LogP contribution in [0.3, 0.4) is 0 Å². The van der Waals surface area contributed by atoms with Crippen LogP contribution in [0.1, 0.15) is 36.6 Å². The van der Waals surface area contributed by atoms with Crippen LogP contribution in [0, 0.1) is 0 Å². The van der Waals surface area contributed by atoms with Crippen molar-refractivity contribution in [2.75, 3.05) is 26.2 Å². The minimum atomic E-state index is -0.288. The number of aliphatic hydroxyl groups is 1. The van der Waals surface area contributed by atoms with Crippen molar-refractivity contribution in [3.8, 4) is 0 Å². The van der Waals surface area contributed by atoms with Crippen LogP contribution in [0.15, 0.2) is 18.2 Å². The van der Waals surface area contributed by atoms with Gasteiger partial charge in [-0.25, -0.2) is 0 Å². The number of carbonyl (C=O) groups is 1. The number of primary amides is 1. The monoisotopic (exact) mass is 277 g/mol. The summed E-state index contributed by atoms with van der Waals surface area (Å²) < 4.78 is 0. The molecule has 0 spiro atoms. The Labute approximate surface area is 119 Å². The topological polar surface area (TPSA) is 79.5 Å². The summed E-state index contributed by atoms with van der Waals surface area (Å²) in [5.74, 6) is 0.132. The van der Waals surface area contributed by atoms with Gasteiger partial charge in [-0.1, -0.05) is 6.07 Å². The molecule has 0 radical (unpaired) electrons. The van der Waals surface area contributed by atoms with E-state index in [0.717, 1.165) is 43.9 Å². The lowest BCUT2D eigenvalue weighted by Crippen LogP contribution is -2.36. The summed E-state index contributed by atoms with van der Waals surface area (Å²) in [6.07, 6.45) is 3.22. The average molecular weight is 277 g/mol. The highest BCUT2D eigenvalue weighted by Gasteiger charge is 2.22. The summed E-state index contributed by atoms with van der Waals surface area (Å²) in [7, 11) is 0. The second kappa shape index (κ2) is 7.36. The molecule has 1 aromatic heterocycles. The van der Waals surface area contributed by atoms with Crippen molar-refractivity contribution >= 4 is 5.91 Å². The van der Waals surface area contributed by atoms with Crippen molar-refractivity contribution in [2.24, 2.45) is 5.73 Å². The maximum absolute atomic E-state index is 10.8. The molecule has 1 aromatic rings. The molecule has 2 heterocycles. The third-order valence-electron chi connectivity index (χ3n) is 3.80. The highest BCUT2D eigenvalue weighted by Crippen LogP contribution is 2.25. The molecule has 1 saturated heterocycles. The zero-order valence-electron chi connectivity index (χ0n) is 11.8. The Bertz CT molecular complexity index is 448. The van der Waals surface area contributed by atoms with Gasteiger partial charge in [-0.3, -0.25) is 9.78 Å². The van der Waals surface area contributed by atoms with E-state index in [1.165, 1.54) is 0 Å². The van der Waals surface area contributed by atoms with Gasteiger partial charge in [-0.15, -0.1) is 0 Å². The van der Waals surface area contributed by atoms with Gasteiger partial charge in [0, 0.05) is 36.8 Å². The van der Waals surface area contributed by atoms with Gasteiger partial charge in [0.1, 0.15) is 0 Å². The standard InChI is InChI=1S/C15H23N3O2/c16-15(20)7-6-13-4-1-5-14(17-13)12-3-2-8-18(11-12)9-10-19/h1,4-5,12,19H,2-3,6-11H2,(H2,16,20). The molecule has 1 atom stereocenters. The van der Waals surface area contributed by atoms with E-state index >= 15 is 0 Å². The molecule has 110 valence electrons. The Balaban J connectivity index is 2.00. The molecule has 1 aliphatic rings. The molecule has 0 bridgehead atoms. The van der Waals surface area contributed by atoms with Crippen LogP contribution in [0.25, 0.3) is 0 Å². The van der Waals surface area contributed by atoms with Crippen LogP contribution in [-0.4, -0.2) is 47.1 Å². The normalized spacial score (nSPS) is 19.9. The molecule has 0 aliphatic carbocycles. The summed E-state index contributed by atoms with van der Waals surface area (Å²) in [5.41, 5.74) is 7.20. The van der Waals surface area contributed by atoms with Crippen LogP contribution in [0.2, 0.25) is 0 Å². The second-order valence-corrected chi connectivity index (χ2v) is 5.38. The number of nitrogens with zero attached hydrogens (tertiary/aromatic N) is 2. The number of pyridine rings is 1. The quantitative estimate of drug-likeness (QED) is 0.801. The zero-order chi connectivity index (χ0) is 14.4. The van der Waals surface area contributed by atoms with Gasteiger partial charge in [0.2, 0.25) is 5.91 Å². The Morgan fingerprint density at radius 2 is 2.35 bits per heavy atom. The number of piperidine rings is 1. The van der Waals surface area contributed by atoms with Crippen molar-refractivity contribution < 1.29 is 9.90 Å². The molecule has 2 rings (SSSR count). The Morgan fingerprint density at radius 3 is 3.10 bits per heavy atom. The lowest BCUT2D eigenvalue weighted by atomic mass is 9.94. The van der Waals surface area contributed by atoms with Gasteiger partial charge in [-0.2, -0.15) is 0 Å². The van der Waals surface area contributed by atoms with Gasteiger partial charge < -0.3 is 15.7 Å². The largest absolute Gasteiger partial charge is 0.395 e. The molecule has 5 heteroatoms. The van der Waals surface area contributed by atoms with Crippen LogP contribution in [0.5, 0.6) is 0 Å². The predicted molar refractivity (Wildman–Crippen MR) is 77.3 cm³/mol. The number of nitrogens with two attached hydrogens (primary N) is 1. The molecular weight excluding hydrogens is 254 g/mol. The first-order chi connectivity index (χ1) is 9.69. The molecule has 1 fully saturated rings. The van der Waals surface area contributed by atoms with Gasteiger partial charge in [0.15, 0.2) is 0 Å². The average Bonchev–Trinajstić information content (AvgIpc) is 2.46. The fourth-order valence-corrected chi connectivity index (χ4v) is 2.76. The molecule has 1 unspecified atom stereocenters. The SMILES string of the molecule is NC(=O)CCc1cccc(C2CCCN(CCO)C2)n1. The van der Waals surface area contributed by atoms with Crippen molar-refractivity contribution in [3.63, 3.8) is 0 Å². The molecule has 3 N–H and O–H groups in total. The number of amides is 1. The summed E-state index contributed by atoms with van der Waals surface area (Å²) in [6.45, 7) is 2.95. The van der Waals surface area contributed by atoms with E-state index in [-0.39, 0.29) is 12.5 Å². The van der Waals surface area contributed by atoms with E-state index in [2.05, 4.69) is 16.0 Å². The van der Waals surface area contributed by atoms with Crippen molar-refractivity contribution in [2.45, 2.75) is 31.6 Å². The number of β-amino-alcohol motifs (C(OH)–C–C–N with tert-alkyl or cyclic N) is 1. The van der Waals surface area contributed by atoms with E-state index < -0.39 is 0 Å². The lowest BCUT2D eigenvalue weighted by molar-refractivity contribution is -0.118. The van der Waals surface area contributed by atoms with Crippen LogP contribution in [0.4, 0.5) is 0 Å². The third-order valence-corrected chi connectivity index (χ3v) is 3.80. The molecule has 0 aromatic carbocycles. The number of hydrogen-bond donors (Lipinski definition) is 2. The number of aromatic nitrogens is 1. The second-order valence-electron chi connectivity index (χ2n) is 5.38. The number of aryl methyl sites for hydroxylation is 1. The Kier molecular flexibility index (Phi) is 5.49. The first-order valence-corrected chi connectivity index (χ1v) is 7.26. The van der Waals surface area contributed by atoms with Crippen LogP contribution < -0.4 is 5.73 Å². The smallest absolute Gasteiger partial charge is 0.217 e. The predicted octanol–water partition coefficient (Wildman–Crippen LogP) is 0.671. The molecule has 1 aliphatic heterocycles. The number of aliphatic hydroxyl groups excluding tert-OH is 1. The minimum Gasteiger partial charge on any atom is -0.395 e. The van der Waals surface area contributed by atoms with Gasteiger partial charge in [0.05, 0.1) is 6.61 Å². The fraction of sp³-hybridized carbons (Fsp3) is 0.600. The molecule has 20 heavy (non-hydrogen) atoms. The maximum atomic E-state index is 10.8. The van der Waals surface area contributed by atoms with Crippen LogP contribution >= 0.6 is 0 Å². The number of carbonyl (C=O) groups excluding carboxylic acids is 1. The van der Waals surface area contributed by atoms with Crippen molar-refractivity contribution in [3.05, 3.63) is 29.6 Å². The summed E-state index contributed by atoms with van der Waals surface area (Å²) in [5, 5.41) is 9.04. The Morgan fingerprint density at radius 1 is 1.50 bits per heavy atom. The molecule has 0 saturated carbocycles. The van der Waals surface area contributed by atoms with Gasteiger partial charge in [-0.05, 0) is 37.9 Å². The number of rotatable bonds is 6. The molecular formula is C15H23N3O2. The maximum Gasteiger partial charge on any atom is 0.217 e. The summed E-state index contributed by atoms with van der Waals surface area (Å²) in [6, 6.07) is 6.01. The first kappa shape index (κ1) is 14.9. The van der Waals surface area contributed by atoms with Gasteiger partial charge in [0.25, 0.3) is 0 Å². The third kappa shape index (κ3) is 4.28. The van der Waals surface area contributed by atoms with E-state index in [9.17, 15) is 4.79 Å². The zero-order valence-corrected chi connectivity index (χ0v) is 11.8. The van der Waals surface area contributed by atoms with Crippen molar-refractivity contribution in [1.82, 2.24) is 9.88 Å². The molecule has 1 amide bonds. The van der Waals surface area contributed by atoms with Gasteiger partial charge >= 0.3 is 0 Å². The van der Waals surface area contributed by atoms with E-state index in [1.54, 1.807) is 0 Å². The lowest BCUT2D eigenvalue weighted by Gasteiger charge is -2.32. The van der Waals surface area contributed by atoms with Crippen LogP contribution in [-0.2, 0) is 11.2 Å². The fourth-order valence-electron chi connectivity index (χ4n) is 2.76. The van der Waals surface area contributed by atoms with E-state index in [1.807, 2.05) is 12.1 Å². The highest BCUT2D eigenvalue weighted by atomic mass is 16.3. The van der Waals surface area contributed by atoms with Crippen molar-refractivity contribution in [1.29, 1.82) is 0 Å². The highest BCUT2D eigenvalue weighted by molar-refractivity contribution is 5.73. The minimum absolute atomic E-state index is 0.207. The van der Waals surface area contributed by atoms with E-state index in [0.29, 0.717) is 18.8 Å². The van der Waals surface area contributed by atoms with E-state index in [4.69, 9.17) is 10.8 Å². The summed E-state index contributed by atoms with van der Waals surface area (Å²) in [4.78, 5) is 17.8. The summed E-state index contributed by atoms with van der Waals surface area (Å²) >= 11 is 0. The number of hydrogen-bond acceptors (Lipinski definition) is 4. The number of likely N-dealkylation sites (tertiary alicyclic amines) is 1. The first-order valence-electron chi connectivity index (χ1n) is 7.26. The Hall–Kier alpha value is -1.46.